The van der Waals surface area contributed by atoms with Crippen LogP contribution in [0.5, 0.6) is 0 Å². The Labute approximate surface area is 186 Å². The SMILES string of the molecule is Cc1cc(C(=O)NNC(=O)Cc2csc(-c3cccs3)n2)c(C)n1-c1ccc(F)cc1. The average molecular weight is 455 g/mol. The quantitative estimate of drug-likeness (QED) is 0.438. The molecule has 3 aromatic heterocycles. The molecule has 0 radical (unpaired) electrons. The Hall–Kier alpha value is -3.30. The second-order valence-corrected chi connectivity index (χ2v) is 8.70. The number of aryl methyl sites for hydroxylation is 1. The average Bonchev–Trinajstić information content (AvgIpc) is 3.48. The first kappa shape index (κ1) is 21.0. The summed E-state index contributed by atoms with van der Waals surface area (Å²) in [5.74, 6) is -1.11. The predicted molar refractivity (Wildman–Crippen MR) is 120 cm³/mol. The molecule has 0 atom stereocenters. The number of benzene rings is 1. The molecule has 0 fully saturated rings. The van der Waals surface area contributed by atoms with Gasteiger partial charge in [0.05, 0.1) is 22.6 Å². The molecule has 9 heteroatoms. The lowest BCUT2D eigenvalue weighted by Gasteiger charge is -2.10. The third kappa shape index (κ3) is 4.57. The van der Waals surface area contributed by atoms with Gasteiger partial charge >= 0.3 is 0 Å². The minimum absolute atomic E-state index is 0.0662. The fourth-order valence-corrected chi connectivity index (χ4v) is 4.92. The Morgan fingerprint density at radius 1 is 1.10 bits per heavy atom. The van der Waals surface area contributed by atoms with Gasteiger partial charge in [-0.2, -0.15) is 0 Å². The van der Waals surface area contributed by atoms with Gasteiger partial charge in [0.15, 0.2) is 0 Å². The van der Waals surface area contributed by atoms with Gasteiger partial charge in [-0.3, -0.25) is 20.4 Å². The lowest BCUT2D eigenvalue weighted by atomic mass is 10.2. The Morgan fingerprint density at radius 3 is 2.58 bits per heavy atom. The van der Waals surface area contributed by atoms with Crippen LogP contribution in [0.4, 0.5) is 4.39 Å². The fraction of sp³-hybridized carbons (Fsp3) is 0.136. The molecular weight excluding hydrogens is 435 g/mol. The monoisotopic (exact) mass is 454 g/mol. The smallest absolute Gasteiger partial charge is 0.271 e. The third-order valence-electron chi connectivity index (χ3n) is 4.70. The number of carbonyl (C=O) groups is 2. The summed E-state index contributed by atoms with van der Waals surface area (Å²) in [4.78, 5) is 30.4. The predicted octanol–water partition coefficient (Wildman–Crippen LogP) is 4.42. The van der Waals surface area contributed by atoms with Gasteiger partial charge in [-0.1, -0.05) is 6.07 Å². The van der Waals surface area contributed by atoms with Crippen molar-refractivity contribution < 1.29 is 14.0 Å². The van der Waals surface area contributed by atoms with Gasteiger partial charge in [0.2, 0.25) is 5.91 Å². The van der Waals surface area contributed by atoms with Crippen molar-refractivity contribution in [3.05, 3.63) is 81.7 Å². The Morgan fingerprint density at radius 2 is 1.87 bits per heavy atom. The van der Waals surface area contributed by atoms with Gasteiger partial charge in [0.1, 0.15) is 10.8 Å². The van der Waals surface area contributed by atoms with Gasteiger partial charge < -0.3 is 4.57 Å². The number of rotatable bonds is 5. The fourth-order valence-electron chi connectivity index (χ4n) is 3.28. The maximum Gasteiger partial charge on any atom is 0.271 e. The number of nitrogens with zero attached hydrogens (tertiary/aromatic N) is 2. The van der Waals surface area contributed by atoms with Crippen LogP contribution in [-0.2, 0) is 11.2 Å². The third-order valence-corrected chi connectivity index (χ3v) is 6.63. The van der Waals surface area contributed by atoms with E-state index in [1.807, 2.05) is 34.4 Å². The van der Waals surface area contributed by atoms with Crippen molar-refractivity contribution in [1.29, 1.82) is 0 Å². The second-order valence-electron chi connectivity index (χ2n) is 6.90. The molecule has 0 saturated carbocycles. The maximum atomic E-state index is 13.2. The van der Waals surface area contributed by atoms with E-state index in [0.29, 0.717) is 17.0 Å². The van der Waals surface area contributed by atoms with E-state index < -0.39 is 5.91 Å². The molecule has 4 aromatic rings. The number of hydrogen-bond donors (Lipinski definition) is 2. The molecule has 0 aliphatic rings. The molecule has 0 saturated heterocycles. The van der Waals surface area contributed by atoms with Crippen LogP contribution in [-0.4, -0.2) is 21.4 Å². The molecule has 1 aromatic carbocycles. The minimum atomic E-state index is -0.424. The molecule has 6 nitrogen and oxygen atoms in total. The van der Waals surface area contributed by atoms with E-state index in [-0.39, 0.29) is 18.1 Å². The Balaban J connectivity index is 1.39. The van der Waals surface area contributed by atoms with E-state index >= 15 is 0 Å². The van der Waals surface area contributed by atoms with Crippen LogP contribution in [0, 0.1) is 19.7 Å². The van der Waals surface area contributed by atoms with Crippen molar-refractivity contribution in [3.63, 3.8) is 0 Å². The zero-order valence-corrected chi connectivity index (χ0v) is 18.4. The number of thiazole rings is 1. The molecule has 158 valence electrons. The van der Waals surface area contributed by atoms with E-state index in [2.05, 4.69) is 15.8 Å². The summed E-state index contributed by atoms with van der Waals surface area (Å²) < 4.78 is 15.1. The lowest BCUT2D eigenvalue weighted by Crippen LogP contribution is -2.42. The zero-order valence-electron chi connectivity index (χ0n) is 16.8. The summed E-state index contributed by atoms with van der Waals surface area (Å²) >= 11 is 3.07. The number of aromatic nitrogens is 2. The van der Waals surface area contributed by atoms with Crippen molar-refractivity contribution in [2.75, 3.05) is 0 Å². The first-order chi connectivity index (χ1) is 14.9. The number of hydrogen-bond acceptors (Lipinski definition) is 5. The van der Waals surface area contributed by atoms with Crippen molar-refractivity contribution in [2.24, 2.45) is 0 Å². The summed E-state index contributed by atoms with van der Waals surface area (Å²) in [7, 11) is 0. The highest BCUT2D eigenvalue weighted by Crippen LogP contribution is 2.27. The summed E-state index contributed by atoms with van der Waals surface area (Å²) in [6.45, 7) is 3.66. The number of nitrogens with one attached hydrogen (secondary N) is 2. The summed E-state index contributed by atoms with van der Waals surface area (Å²) in [6, 6.07) is 11.7. The van der Waals surface area contributed by atoms with Crippen molar-refractivity contribution in [1.82, 2.24) is 20.4 Å². The van der Waals surface area contributed by atoms with Gasteiger partial charge in [0, 0.05) is 22.5 Å². The summed E-state index contributed by atoms with van der Waals surface area (Å²) in [5, 5.41) is 4.69. The molecule has 3 heterocycles. The second kappa shape index (κ2) is 8.83. The number of hydrazine groups is 1. The highest BCUT2D eigenvalue weighted by atomic mass is 32.1. The maximum absolute atomic E-state index is 13.2. The molecule has 31 heavy (non-hydrogen) atoms. The standard InChI is InChI=1S/C22H19FN4O2S2/c1-13-10-18(14(2)27(13)17-7-5-15(23)6-8-17)21(29)26-25-20(28)11-16-12-31-22(24-16)19-4-3-9-30-19/h3-10,12H,11H2,1-2H3,(H,25,28)(H,26,29). The zero-order chi connectivity index (χ0) is 22.0. The molecule has 4 rings (SSSR count). The Bertz CT molecular complexity index is 1230. The summed E-state index contributed by atoms with van der Waals surface area (Å²) in [5.41, 5.74) is 8.25. The first-order valence-electron chi connectivity index (χ1n) is 9.44. The van der Waals surface area contributed by atoms with Crippen LogP contribution in [0.3, 0.4) is 0 Å². The van der Waals surface area contributed by atoms with Crippen LogP contribution < -0.4 is 10.9 Å². The molecular formula is C22H19FN4O2S2. The lowest BCUT2D eigenvalue weighted by molar-refractivity contribution is -0.121. The highest BCUT2D eigenvalue weighted by molar-refractivity contribution is 7.20. The van der Waals surface area contributed by atoms with E-state index in [1.54, 1.807) is 36.5 Å². The van der Waals surface area contributed by atoms with Crippen LogP contribution in [0.2, 0.25) is 0 Å². The number of thiophene rings is 1. The van der Waals surface area contributed by atoms with E-state index in [0.717, 1.165) is 21.3 Å². The number of amides is 2. The van der Waals surface area contributed by atoms with Gasteiger partial charge in [-0.25, -0.2) is 9.37 Å². The van der Waals surface area contributed by atoms with Crippen molar-refractivity contribution in [3.8, 4) is 15.6 Å². The van der Waals surface area contributed by atoms with Crippen LogP contribution >= 0.6 is 22.7 Å². The van der Waals surface area contributed by atoms with E-state index in [9.17, 15) is 14.0 Å². The number of carbonyl (C=O) groups excluding carboxylic acids is 2. The molecule has 2 amide bonds. The van der Waals surface area contributed by atoms with E-state index in [1.165, 1.54) is 23.5 Å². The van der Waals surface area contributed by atoms with Gasteiger partial charge in [-0.05, 0) is 55.6 Å². The largest absolute Gasteiger partial charge is 0.318 e. The van der Waals surface area contributed by atoms with Gasteiger partial charge in [0.25, 0.3) is 5.91 Å². The topological polar surface area (TPSA) is 76.0 Å². The van der Waals surface area contributed by atoms with Crippen molar-refractivity contribution >= 4 is 34.5 Å². The Kier molecular flexibility index (Phi) is 5.97. The number of halogens is 1. The molecule has 0 unspecified atom stereocenters. The van der Waals surface area contributed by atoms with Gasteiger partial charge in [-0.15, -0.1) is 22.7 Å². The highest BCUT2D eigenvalue weighted by Gasteiger charge is 2.18. The van der Waals surface area contributed by atoms with Crippen LogP contribution in [0.15, 0.2) is 53.2 Å². The van der Waals surface area contributed by atoms with Crippen LogP contribution in [0.1, 0.15) is 27.4 Å². The van der Waals surface area contributed by atoms with E-state index in [4.69, 9.17) is 0 Å². The minimum Gasteiger partial charge on any atom is -0.318 e. The molecule has 0 spiro atoms. The van der Waals surface area contributed by atoms with Crippen LogP contribution in [0.25, 0.3) is 15.6 Å². The van der Waals surface area contributed by atoms with Crippen molar-refractivity contribution in [2.45, 2.75) is 20.3 Å². The first-order valence-corrected chi connectivity index (χ1v) is 11.2. The summed E-state index contributed by atoms with van der Waals surface area (Å²) in [6.07, 6.45) is 0.0662. The molecule has 0 bridgehead atoms. The molecule has 2 N–H and O–H groups in total. The molecule has 0 aliphatic carbocycles. The normalized spacial score (nSPS) is 10.8. The molecule has 0 aliphatic heterocycles.